The third-order valence-corrected chi connectivity index (χ3v) is 6.79. The van der Waals surface area contributed by atoms with Gasteiger partial charge < -0.3 is 14.7 Å². The van der Waals surface area contributed by atoms with Gasteiger partial charge in [0.2, 0.25) is 5.91 Å². The molecule has 0 unspecified atom stereocenters. The van der Waals surface area contributed by atoms with Crippen LogP contribution in [0.15, 0.2) is 78.9 Å². The number of rotatable bonds is 6. The van der Waals surface area contributed by atoms with Gasteiger partial charge in [0.25, 0.3) is 0 Å². The van der Waals surface area contributed by atoms with Crippen molar-refractivity contribution in [3.05, 3.63) is 90.0 Å². The summed E-state index contributed by atoms with van der Waals surface area (Å²) >= 11 is 0. The number of amides is 1. The van der Waals surface area contributed by atoms with Gasteiger partial charge in [-0.15, -0.1) is 0 Å². The van der Waals surface area contributed by atoms with Crippen LogP contribution in [0.1, 0.15) is 17.0 Å². The molecular weight excluding hydrogens is 400 g/mol. The van der Waals surface area contributed by atoms with E-state index in [1.54, 1.807) is 7.11 Å². The minimum absolute atomic E-state index is 0.00811. The molecule has 0 spiro atoms. The van der Waals surface area contributed by atoms with Crippen molar-refractivity contribution in [1.29, 1.82) is 0 Å². The molecule has 2 heterocycles. The number of benzene rings is 3. The molecule has 0 saturated carbocycles. The maximum absolute atomic E-state index is 12.9. The van der Waals surface area contributed by atoms with Crippen molar-refractivity contribution in [2.24, 2.45) is 0 Å². The minimum atomic E-state index is -0.141. The van der Waals surface area contributed by atoms with Crippen LogP contribution in [0.4, 0.5) is 0 Å². The summed E-state index contributed by atoms with van der Waals surface area (Å²) in [6, 6.07) is 26.8. The summed E-state index contributed by atoms with van der Waals surface area (Å²) in [6.07, 6.45) is 0. The summed E-state index contributed by atoms with van der Waals surface area (Å²) < 4.78 is 5.25. The highest BCUT2D eigenvalue weighted by atomic mass is 16.5. The maximum Gasteiger partial charge on any atom is 0.237 e. The number of hydrogen-bond acceptors (Lipinski definition) is 4. The lowest BCUT2D eigenvalue weighted by atomic mass is 9.73. The molecule has 164 valence electrons. The molecule has 0 bridgehead atoms. The lowest BCUT2D eigenvalue weighted by Gasteiger charge is -2.59. The molecule has 1 N–H and O–H groups in total. The first kappa shape index (κ1) is 20.7. The van der Waals surface area contributed by atoms with Gasteiger partial charge in [-0.2, -0.15) is 0 Å². The van der Waals surface area contributed by atoms with Gasteiger partial charge in [-0.1, -0.05) is 66.7 Å². The highest BCUT2D eigenvalue weighted by Gasteiger charge is 2.53. The van der Waals surface area contributed by atoms with Crippen LogP contribution in [-0.4, -0.2) is 59.7 Å². The summed E-state index contributed by atoms with van der Waals surface area (Å²) in [4.78, 5) is 17.0. The predicted octanol–water partition coefficient (Wildman–Crippen LogP) is 3.53. The van der Waals surface area contributed by atoms with Gasteiger partial charge >= 0.3 is 0 Å². The van der Waals surface area contributed by atoms with E-state index in [0.29, 0.717) is 6.54 Å². The third kappa shape index (κ3) is 3.78. The minimum Gasteiger partial charge on any atom is -0.497 e. The summed E-state index contributed by atoms with van der Waals surface area (Å²) in [5.41, 5.74) is 4.66. The molecule has 5 rings (SSSR count). The molecule has 3 aromatic carbocycles. The molecule has 32 heavy (non-hydrogen) atoms. The van der Waals surface area contributed by atoms with Gasteiger partial charge in [-0.3, -0.25) is 9.69 Å². The van der Waals surface area contributed by atoms with Gasteiger partial charge in [0.1, 0.15) is 5.75 Å². The van der Waals surface area contributed by atoms with Crippen LogP contribution in [0.5, 0.6) is 5.75 Å². The average Bonchev–Trinajstić information content (AvgIpc) is 2.82. The zero-order chi connectivity index (χ0) is 22.1. The Labute approximate surface area is 188 Å². The molecule has 3 aromatic rings. The number of ether oxygens (including phenoxy) is 1. The predicted molar refractivity (Wildman–Crippen MR) is 124 cm³/mol. The Bertz CT molecular complexity index is 1070. The summed E-state index contributed by atoms with van der Waals surface area (Å²) in [6.45, 7) is 1.99. The second-order valence-electron chi connectivity index (χ2n) is 8.65. The highest BCUT2D eigenvalue weighted by molar-refractivity contribution is 5.81. The Balaban J connectivity index is 1.34. The Morgan fingerprint density at radius 2 is 1.59 bits per heavy atom. The first-order chi connectivity index (χ1) is 15.7. The summed E-state index contributed by atoms with van der Waals surface area (Å²) in [5, 5.41) is 10.0. The van der Waals surface area contributed by atoms with Crippen LogP contribution in [0.2, 0.25) is 0 Å². The number of carbonyl (C=O) groups is 1. The normalized spacial score (nSPS) is 22.9. The number of piperazine rings is 1. The van der Waals surface area contributed by atoms with E-state index in [9.17, 15) is 9.90 Å². The number of aliphatic hydroxyl groups is 1. The first-order valence-corrected chi connectivity index (χ1v) is 11.1. The second kappa shape index (κ2) is 8.77. The molecule has 0 aromatic heterocycles. The fourth-order valence-corrected chi connectivity index (χ4v) is 5.21. The van der Waals surface area contributed by atoms with E-state index in [0.717, 1.165) is 30.0 Å². The lowest BCUT2D eigenvalue weighted by Crippen LogP contribution is -2.72. The fourth-order valence-electron chi connectivity index (χ4n) is 5.21. The standard InChI is InChI=1S/C27H28N2O3/c1-32-23-13-11-21(12-14-23)20-7-9-22(10-8-20)27-24-16-28(15-19-5-3-2-4-6-19)17-26(31)29(24)25(27)18-30/h2-14,24-25,27,30H,15-18H2,1H3/t24-,25-,27+/m1/s1. The van der Waals surface area contributed by atoms with Crippen molar-refractivity contribution >= 4 is 5.91 Å². The van der Waals surface area contributed by atoms with Crippen molar-refractivity contribution in [2.75, 3.05) is 26.8 Å². The number of carbonyl (C=O) groups excluding carboxylic acids is 1. The molecule has 2 fully saturated rings. The Kier molecular flexibility index (Phi) is 5.68. The van der Waals surface area contributed by atoms with E-state index in [-0.39, 0.29) is 30.5 Å². The Morgan fingerprint density at radius 1 is 0.938 bits per heavy atom. The summed E-state index contributed by atoms with van der Waals surface area (Å²) in [7, 11) is 1.67. The highest BCUT2D eigenvalue weighted by Crippen LogP contribution is 2.43. The van der Waals surface area contributed by atoms with E-state index in [1.807, 2.05) is 35.2 Å². The van der Waals surface area contributed by atoms with Crippen molar-refractivity contribution in [2.45, 2.75) is 24.5 Å². The molecule has 1 amide bonds. The SMILES string of the molecule is COc1ccc(-c2ccc([C@@H]3[C@@H](CO)N4C(=O)CN(Cc5ccccc5)C[C@H]34)cc2)cc1. The van der Waals surface area contributed by atoms with E-state index >= 15 is 0 Å². The second-order valence-corrected chi connectivity index (χ2v) is 8.65. The van der Waals surface area contributed by atoms with E-state index < -0.39 is 0 Å². The number of nitrogens with zero attached hydrogens (tertiary/aromatic N) is 2. The fraction of sp³-hybridized carbons (Fsp3) is 0.296. The Morgan fingerprint density at radius 3 is 2.22 bits per heavy atom. The first-order valence-electron chi connectivity index (χ1n) is 11.1. The van der Waals surface area contributed by atoms with Crippen molar-refractivity contribution in [3.63, 3.8) is 0 Å². The molecule has 5 heteroatoms. The number of methoxy groups -OCH3 is 1. The van der Waals surface area contributed by atoms with Crippen LogP contribution in [-0.2, 0) is 11.3 Å². The molecule has 0 radical (unpaired) electrons. The van der Waals surface area contributed by atoms with E-state index in [2.05, 4.69) is 53.4 Å². The van der Waals surface area contributed by atoms with E-state index in [1.165, 1.54) is 11.1 Å². The van der Waals surface area contributed by atoms with Gasteiger partial charge in [0.15, 0.2) is 0 Å². The van der Waals surface area contributed by atoms with Crippen molar-refractivity contribution < 1.29 is 14.6 Å². The third-order valence-electron chi connectivity index (χ3n) is 6.79. The number of hydrogen-bond donors (Lipinski definition) is 1. The zero-order valence-electron chi connectivity index (χ0n) is 18.2. The molecule has 0 aliphatic carbocycles. The van der Waals surface area contributed by atoms with Crippen LogP contribution < -0.4 is 4.74 Å². The van der Waals surface area contributed by atoms with Crippen LogP contribution in [0, 0.1) is 0 Å². The topological polar surface area (TPSA) is 53.0 Å². The number of fused-ring (bicyclic) bond motifs is 1. The van der Waals surface area contributed by atoms with Gasteiger partial charge in [0, 0.05) is 19.0 Å². The lowest BCUT2D eigenvalue weighted by molar-refractivity contribution is -0.162. The van der Waals surface area contributed by atoms with Crippen LogP contribution in [0.25, 0.3) is 11.1 Å². The van der Waals surface area contributed by atoms with Crippen LogP contribution >= 0.6 is 0 Å². The van der Waals surface area contributed by atoms with Crippen molar-refractivity contribution in [1.82, 2.24) is 9.80 Å². The van der Waals surface area contributed by atoms with Crippen molar-refractivity contribution in [3.8, 4) is 16.9 Å². The Hall–Kier alpha value is -3.15. The quantitative estimate of drug-likeness (QED) is 0.653. The molecule has 3 atom stereocenters. The zero-order valence-corrected chi connectivity index (χ0v) is 18.2. The van der Waals surface area contributed by atoms with Gasteiger partial charge in [0.05, 0.1) is 32.3 Å². The molecule has 2 aliphatic heterocycles. The molecular formula is C27H28N2O3. The monoisotopic (exact) mass is 428 g/mol. The molecule has 2 aliphatic rings. The smallest absolute Gasteiger partial charge is 0.237 e. The van der Waals surface area contributed by atoms with E-state index in [4.69, 9.17) is 4.74 Å². The number of aliphatic hydroxyl groups excluding tert-OH is 1. The summed E-state index contributed by atoms with van der Waals surface area (Å²) in [5.74, 6) is 1.10. The molecule has 5 nitrogen and oxygen atoms in total. The van der Waals surface area contributed by atoms with Gasteiger partial charge in [-0.25, -0.2) is 0 Å². The maximum atomic E-state index is 12.9. The largest absolute Gasteiger partial charge is 0.497 e. The average molecular weight is 429 g/mol. The van der Waals surface area contributed by atoms with Crippen LogP contribution in [0.3, 0.4) is 0 Å². The molecule has 2 saturated heterocycles. The van der Waals surface area contributed by atoms with Gasteiger partial charge in [-0.05, 0) is 34.4 Å².